The van der Waals surface area contributed by atoms with Crippen LogP contribution in [0.5, 0.6) is 0 Å². The van der Waals surface area contributed by atoms with Crippen molar-refractivity contribution < 1.29 is 0 Å². The molecule has 1 aromatic heterocycles. The molecule has 2 heterocycles. The van der Waals surface area contributed by atoms with Crippen LogP contribution in [0.15, 0.2) is 23.9 Å². The van der Waals surface area contributed by atoms with Crippen molar-refractivity contribution in [3.05, 3.63) is 34.5 Å². The number of hydrogen-bond donors (Lipinski definition) is 0. The van der Waals surface area contributed by atoms with Gasteiger partial charge >= 0.3 is 0 Å². The third-order valence-corrected chi connectivity index (χ3v) is 3.84. The SMILES string of the molecule is CC(C)(C)C1=CCN(c2nccc(C#N)c2Cl)CC1. The molecule has 0 saturated carbocycles. The smallest absolute Gasteiger partial charge is 0.148 e. The van der Waals surface area contributed by atoms with Crippen molar-refractivity contribution in [3.8, 4) is 6.07 Å². The maximum Gasteiger partial charge on any atom is 0.148 e. The summed E-state index contributed by atoms with van der Waals surface area (Å²) >= 11 is 6.22. The van der Waals surface area contributed by atoms with Gasteiger partial charge < -0.3 is 4.90 Å². The van der Waals surface area contributed by atoms with Gasteiger partial charge in [0.1, 0.15) is 16.9 Å². The number of halogens is 1. The highest BCUT2D eigenvalue weighted by atomic mass is 35.5. The fraction of sp³-hybridized carbons (Fsp3) is 0.467. The van der Waals surface area contributed by atoms with E-state index in [1.807, 2.05) is 0 Å². The van der Waals surface area contributed by atoms with Gasteiger partial charge in [-0.1, -0.05) is 44.0 Å². The van der Waals surface area contributed by atoms with Crippen molar-refractivity contribution in [2.45, 2.75) is 27.2 Å². The molecule has 3 nitrogen and oxygen atoms in total. The quantitative estimate of drug-likeness (QED) is 0.732. The van der Waals surface area contributed by atoms with E-state index in [9.17, 15) is 0 Å². The van der Waals surface area contributed by atoms with E-state index in [0.29, 0.717) is 16.4 Å². The van der Waals surface area contributed by atoms with Crippen LogP contribution >= 0.6 is 11.6 Å². The summed E-state index contributed by atoms with van der Waals surface area (Å²) in [5, 5.41) is 9.45. The van der Waals surface area contributed by atoms with E-state index in [1.165, 1.54) is 5.57 Å². The standard InChI is InChI=1S/C15H18ClN3/c1-15(2,3)12-5-8-19(9-6-12)14-13(16)11(10-17)4-7-18-14/h4-5,7H,6,8-9H2,1-3H3. The molecule has 1 aromatic rings. The van der Waals surface area contributed by atoms with Gasteiger partial charge in [-0.05, 0) is 17.9 Å². The zero-order valence-electron chi connectivity index (χ0n) is 11.6. The molecule has 0 bridgehead atoms. The van der Waals surface area contributed by atoms with E-state index in [-0.39, 0.29) is 5.41 Å². The topological polar surface area (TPSA) is 39.9 Å². The van der Waals surface area contributed by atoms with Gasteiger partial charge in [0.25, 0.3) is 0 Å². The lowest BCUT2D eigenvalue weighted by atomic mass is 9.83. The molecule has 4 heteroatoms. The minimum atomic E-state index is 0.220. The molecule has 0 radical (unpaired) electrons. The molecule has 0 aliphatic carbocycles. The van der Waals surface area contributed by atoms with Crippen molar-refractivity contribution >= 4 is 17.4 Å². The normalized spacial score (nSPS) is 15.9. The second kappa shape index (κ2) is 5.22. The van der Waals surface area contributed by atoms with Gasteiger partial charge in [0.05, 0.1) is 5.56 Å². The van der Waals surface area contributed by atoms with Gasteiger partial charge in [0, 0.05) is 19.3 Å². The van der Waals surface area contributed by atoms with E-state index >= 15 is 0 Å². The molecule has 0 N–H and O–H groups in total. The van der Waals surface area contributed by atoms with Crippen LogP contribution < -0.4 is 4.90 Å². The second-order valence-electron chi connectivity index (χ2n) is 5.78. The van der Waals surface area contributed by atoms with Crippen molar-refractivity contribution in [1.82, 2.24) is 4.98 Å². The highest BCUT2D eigenvalue weighted by molar-refractivity contribution is 6.34. The number of pyridine rings is 1. The summed E-state index contributed by atoms with van der Waals surface area (Å²) in [5.74, 6) is 0.713. The fourth-order valence-corrected chi connectivity index (χ4v) is 2.56. The van der Waals surface area contributed by atoms with Gasteiger partial charge in [0.2, 0.25) is 0 Å². The first-order valence-electron chi connectivity index (χ1n) is 6.42. The summed E-state index contributed by atoms with van der Waals surface area (Å²) in [4.78, 5) is 6.43. The Labute approximate surface area is 119 Å². The zero-order valence-corrected chi connectivity index (χ0v) is 12.3. The van der Waals surface area contributed by atoms with E-state index in [4.69, 9.17) is 16.9 Å². The fourth-order valence-electron chi connectivity index (χ4n) is 2.28. The molecule has 1 aliphatic rings. The molecule has 0 aromatic carbocycles. The Hall–Kier alpha value is -1.53. The first kappa shape index (κ1) is 13.9. The van der Waals surface area contributed by atoms with Crippen LogP contribution in [-0.4, -0.2) is 18.1 Å². The van der Waals surface area contributed by atoms with Gasteiger partial charge in [-0.15, -0.1) is 0 Å². The van der Waals surface area contributed by atoms with Crippen molar-refractivity contribution in [1.29, 1.82) is 5.26 Å². The molecule has 0 saturated heterocycles. The predicted octanol–water partition coefficient (Wildman–Crippen LogP) is 3.79. The number of nitriles is 1. The average Bonchev–Trinajstić information content (AvgIpc) is 2.38. The zero-order chi connectivity index (χ0) is 14.0. The van der Waals surface area contributed by atoms with Crippen LogP contribution in [0.1, 0.15) is 32.8 Å². The lowest BCUT2D eigenvalue weighted by Crippen LogP contribution is -2.32. The third-order valence-electron chi connectivity index (χ3n) is 3.46. The lowest BCUT2D eigenvalue weighted by molar-refractivity contribution is 0.472. The number of aromatic nitrogens is 1. The Kier molecular flexibility index (Phi) is 3.82. The van der Waals surface area contributed by atoms with Crippen LogP contribution in [0.4, 0.5) is 5.82 Å². The van der Waals surface area contributed by atoms with Crippen molar-refractivity contribution in [2.24, 2.45) is 5.41 Å². The Bertz CT molecular complexity index is 549. The molecule has 0 unspecified atom stereocenters. The maximum atomic E-state index is 9.00. The molecule has 0 spiro atoms. The van der Waals surface area contributed by atoms with Crippen LogP contribution in [0.3, 0.4) is 0 Å². The number of anilines is 1. The number of rotatable bonds is 1. The minimum absolute atomic E-state index is 0.220. The first-order chi connectivity index (χ1) is 8.93. The molecular formula is C15H18ClN3. The van der Waals surface area contributed by atoms with Crippen LogP contribution in [0.25, 0.3) is 0 Å². The van der Waals surface area contributed by atoms with Gasteiger partial charge in [-0.3, -0.25) is 0 Å². The molecule has 100 valence electrons. The molecule has 0 atom stereocenters. The monoisotopic (exact) mass is 275 g/mol. The highest BCUT2D eigenvalue weighted by Crippen LogP contribution is 2.33. The maximum absolute atomic E-state index is 9.00. The van der Waals surface area contributed by atoms with Crippen LogP contribution in [0, 0.1) is 16.7 Å². The van der Waals surface area contributed by atoms with Gasteiger partial charge in [-0.2, -0.15) is 5.26 Å². The summed E-state index contributed by atoms with van der Waals surface area (Å²) in [7, 11) is 0. The van der Waals surface area contributed by atoms with Gasteiger partial charge in [0.15, 0.2) is 0 Å². The predicted molar refractivity (Wildman–Crippen MR) is 78.3 cm³/mol. The summed E-state index contributed by atoms with van der Waals surface area (Å²) in [6, 6.07) is 3.74. The Morgan fingerprint density at radius 3 is 2.68 bits per heavy atom. The van der Waals surface area contributed by atoms with Crippen molar-refractivity contribution in [2.75, 3.05) is 18.0 Å². The number of nitrogens with zero attached hydrogens (tertiary/aromatic N) is 3. The second-order valence-corrected chi connectivity index (χ2v) is 6.16. The van der Waals surface area contributed by atoms with Crippen LogP contribution in [-0.2, 0) is 0 Å². The minimum Gasteiger partial charge on any atom is -0.351 e. The Morgan fingerprint density at radius 1 is 1.42 bits per heavy atom. The van der Waals surface area contributed by atoms with E-state index < -0.39 is 0 Å². The summed E-state index contributed by atoms with van der Waals surface area (Å²) in [6.07, 6.45) is 4.90. The molecule has 19 heavy (non-hydrogen) atoms. The molecule has 0 fully saturated rings. The van der Waals surface area contributed by atoms with E-state index in [2.05, 4.69) is 42.8 Å². The Morgan fingerprint density at radius 2 is 2.16 bits per heavy atom. The Balaban J connectivity index is 2.24. The number of hydrogen-bond acceptors (Lipinski definition) is 3. The van der Waals surface area contributed by atoms with Crippen molar-refractivity contribution in [3.63, 3.8) is 0 Å². The van der Waals surface area contributed by atoms with Crippen LogP contribution in [0.2, 0.25) is 5.02 Å². The first-order valence-corrected chi connectivity index (χ1v) is 6.80. The molecule has 2 rings (SSSR count). The average molecular weight is 276 g/mol. The highest BCUT2D eigenvalue weighted by Gasteiger charge is 2.23. The lowest BCUT2D eigenvalue weighted by Gasteiger charge is -2.33. The third kappa shape index (κ3) is 2.90. The molecule has 1 aliphatic heterocycles. The van der Waals surface area contributed by atoms with Gasteiger partial charge in [-0.25, -0.2) is 4.98 Å². The molecule has 0 amide bonds. The van der Waals surface area contributed by atoms with E-state index in [1.54, 1.807) is 12.3 Å². The largest absolute Gasteiger partial charge is 0.351 e. The summed E-state index contributed by atoms with van der Waals surface area (Å²) in [6.45, 7) is 8.39. The van der Waals surface area contributed by atoms with E-state index in [0.717, 1.165) is 19.5 Å². The summed E-state index contributed by atoms with van der Waals surface area (Å²) in [5.41, 5.74) is 2.17. The molecular weight excluding hydrogens is 258 g/mol. The summed E-state index contributed by atoms with van der Waals surface area (Å²) < 4.78 is 0.